The molecule has 82 valence electrons. The molecule has 14 heavy (non-hydrogen) atoms. The topological polar surface area (TPSA) is 29.5 Å². The molecule has 1 rings (SSSR count). The van der Waals surface area contributed by atoms with Gasteiger partial charge in [0.05, 0.1) is 11.6 Å². The molecule has 1 aliphatic heterocycles. The maximum atomic E-state index is 11.7. The molecule has 0 radical (unpaired) electrons. The van der Waals surface area contributed by atoms with Crippen molar-refractivity contribution in [3.05, 3.63) is 0 Å². The summed E-state index contributed by atoms with van der Waals surface area (Å²) in [6.07, 6.45) is 2.76. The Morgan fingerprint density at radius 3 is 2.71 bits per heavy atom. The smallest absolute Gasteiger partial charge is 0.222 e. The molecule has 0 spiro atoms. The van der Waals surface area contributed by atoms with E-state index in [0.29, 0.717) is 6.42 Å². The summed E-state index contributed by atoms with van der Waals surface area (Å²) >= 11 is 0. The number of hydrogen-bond acceptors (Lipinski definition) is 2. The molecule has 1 atom stereocenters. The van der Waals surface area contributed by atoms with Gasteiger partial charge in [0.25, 0.3) is 0 Å². The van der Waals surface area contributed by atoms with Crippen molar-refractivity contribution in [1.82, 2.24) is 4.90 Å². The number of carbonyl (C=O) groups is 1. The van der Waals surface area contributed by atoms with E-state index in [1.54, 1.807) is 7.11 Å². The quantitative estimate of drug-likeness (QED) is 0.694. The Kier molecular flexibility index (Phi) is 3.53. The summed E-state index contributed by atoms with van der Waals surface area (Å²) in [7, 11) is 1.72. The van der Waals surface area contributed by atoms with Gasteiger partial charge in [0.2, 0.25) is 5.91 Å². The molecule has 0 aliphatic carbocycles. The van der Waals surface area contributed by atoms with Gasteiger partial charge in [0.15, 0.2) is 0 Å². The maximum Gasteiger partial charge on any atom is 0.222 e. The second-order valence-electron chi connectivity index (χ2n) is 4.41. The van der Waals surface area contributed by atoms with Crippen LogP contribution >= 0.6 is 0 Å². The first-order valence-corrected chi connectivity index (χ1v) is 5.37. The fraction of sp³-hybridized carbons (Fsp3) is 0.909. The molecule has 0 aromatic carbocycles. The minimum Gasteiger partial charge on any atom is -0.377 e. The molecule has 1 aliphatic rings. The minimum absolute atomic E-state index is 0.221. The predicted octanol–water partition coefficient (Wildman–Crippen LogP) is 1.81. The molecule has 0 saturated carbocycles. The Hall–Kier alpha value is -0.570. The lowest BCUT2D eigenvalue weighted by molar-refractivity contribution is -0.137. The van der Waals surface area contributed by atoms with Gasteiger partial charge < -0.3 is 9.64 Å². The van der Waals surface area contributed by atoms with Crippen LogP contribution in [0.1, 0.15) is 40.0 Å². The summed E-state index contributed by atoms with van der Waals surface area (Å²) < 4.78 is 5.45. The number of amides is 1. The van der Waals surface area contributed by atoms with E-state index in [0.717, 1.165) is 19.4 Å². The van der Waals surface area contributed by atoms with Crippen molar-refractivity contribution in [2.24, 2.45) is 0 Å². The van der Waals surface area contributed by atoms with Crippen LogP contribution in [0.4, 0.5) is 0 Å². The molecule has 1 fully saturated rings. The van der Waals surface area contributed by atoms with Crippen molar-refractivity contribution in [1.29, 1.82) is 0 Å². The van der Waals surface area contributed by atoms with E-state index < -0.39 is 0 Å². The van der Waals surface area contributed by atoms with E-state index >= 15 is 0 Å². The van der Waals surface area contributed by atoms with Gasteiger partial charge in [-0.1, -0.05) is 6.92 Å². The average molecular weight is 199 g/mol. The first-order valence-electron chi connectivity index (χ1n) is 5.37. The summed E-state index contributed by atoms with van der Waals surface area (Å²) in [6.45, 7) is 6.92. The van der Waals surface area contributed by atoms with Crippen LogP contribution in [0.2, 0.25) is 0 Å². The number of methoxy groups -OCH3 is 1. The number of hydrogen-bond donors (Lipinski definition) is 0. The summed E-state index contributed by atoms with van der Waals surface area (Å²) in [5, 5.41) is 0. The standard InChI is InChI=1S/C11H21NO2/c1-5-10(13)12-8-6-7-9(12)11(2,3)14-4/h9H,5-8H2,1-4H3/t9-/m0/s1. The third kappa shape index (κ3) is 2.08. The summed E-state index contributed by atoms with van der Waals surface area (Å²) in [4.78, 5) is 13.6. The second-order valence-corrected chi connectivity index (χ2v) is 4.41. The van der Waals surface area contributed by atoms with E-state index in [1.807, 2.05) is 11.8 Å². The Labute approximate surface area is 86.4 Å². The summed E-state index contributed by atoms with van der Waals surface area (Å²) in [6, 6.07) is 0.250. The molecule has 1 amide bonds. The maximum absolute atomic E-state index is 11.7. The van der Waals surface area contributed by atoms with E-state index in [9.17, 15) is 4.79 Å². The normalized spacial score (nSPS) is 22.9. The van der Waals surface area contributed by atoms with Crippen molar-refractivity contribution >= 4 is 5.91 Å². The Bertz CT molecular complexity index is 213. The lowest BCUT2D eigenvalue weighted by atomic mass is 9.96. The molecule has 3 nitrogen and oxygen atoms in total. The molecule has 1 saturated heterocycles. The highest BCUT2D eigenvalue weighted by molar-refractivity contribution is 5.76. The van der Waals surface area contributed by atoms with Crippen LogP contribution in [0.3, 0.4) is 0 Å². The third-order valence-electron chi connectivity index (χ3n) is 3.20. The fourth-order valence-corrected chi connectivity index (χ4v) is 2.13. The van der Waals surface area contributed by atoms with Gasteiger partial charge in [-0.15, -0.1) is 0 Å². The van der Waals surface area contributed by atoms with Gasteiger partial charge in [-0.05, 0) is 26.7 Å². The van der Waals surface area contributed by atoms with Crippen LogP contribution in [0.25, 0.3) is 0 Å². The van der Waals surface area contributed by atoms with Gasteiger partial charge in [-0.2, -0.15) is 0 Å². The predicted molar refractivity (Wildman–Crippen MR) is 56.1 cm³/mol. The molecule has 0 N–H and O–H groups in total. The highest BCUT2D eigenvalue weighted by Gasteiger charge is 2.39. The van der Waals surface area contributed by atoms with Crippen molar-refractivity contribution in [2.45, 2.75) is 51.7 Å². The molecule has 0 bridgehead atoms. The van der Waals surface area contributed by atoms with Crippen molar-refractivity contribution in [3.63, 3.8) is 0 Å². The number of likely N-dealkylation sites (tertiary alicyclic amines) is 1. The zero-order chi connectivity index (χ0) is 10.8. The van der Waals surface area contributed by atoms with Crippen molar-refractivity contribution in [2.75, 3.05) is 13.7 Å². The fourth-order valence-electron chi connectivity index (χ4n) is 2.13. The van der Waals surface area contributed by atoms with Crippen molar-refractivity contribution < 1.29 is 9.53 Å². The Morgan fingerprint density at radius 2 is 2.21 bits per heavy atom. The lowest BCUT2D eigenvalue weighted by Gasteiger charge is -2.36. The lowest BCUT2D eigenvalue weighted by Crippen LogP contribution is -2.49. The molecular weight excluding hydrogens is 178 g/mol. The largest absolute Gasteiger partial charge is 0.377 e. The van der Waals surface area contributed by atoms with Crippen LogP contribution < -0.4 is 0 Å². The molecular formula is C11H21NO2. The van der Waals surface area contributed by atoms with Gasteiger partial charge in [0.1, 0.15) is 0 Å². The van der Waals surface area contributed by atoms with Gasteiger partial charge in [0, 0.05) is 20.1 Å². The summed E-state index contributed by atoms with van der Waals surface area (Å²) in [5.41, 5.74) is -0.221. The molecule has 1 heterocycles. The van der Waals surface area contributed by atoms with E-state index in [1.165, 1.54) is 0 Å². The zero-order valence-corrected chi connectivity index (χ0v) is 9.67. The van der Waals surface area contributed by atoms with Gasteiger partial charge in [-0.25, -0.2) is 0 Å². The second kappa shape index (κ2) is 4.30. The first kappa shape index (κ1) is 11.5. The van der Waals surface area contributed by atoms with Crippen molar-refractivity contribution in [3.8, 4) is 0 Å². The third-order valence-corrected chi connectivity index (χ3v) is 3.20. The monoisotopic (exact) mass is 199 g/mol. The minimum atomic E-state index is -0.221. The SMILES string of the molecule is CCC(=O)N1CCC[C@H]1C(C)(C)OC. The molecule has 3 heteroatoms. The van der Waals surface area contributed by atoms with Crippen LogP contribution in [-0.2, 0) is 9.53 Å². The Balaban J connectivity index is 2.73. The zero-order valence-electron chi connectivity index (χ0n) is 9.67. The molecule has 0 aromatic heterocycles. The van der Waals surface area contributed by atoms with E-state index in [2.05, 4.69) is 13.8 Å². The first-order chi connectivity index (χ1) is 6.53. The average Bonchev–Trinajstić information content (AvgIpc) is 2.65. The van der Waals surface area contributed by atoms with Crippen LogP contribution in [0.5, 0.6) is 0 Å². The van der Waals surface area contributed by atoms with E-state index in [4.69, 9.17) is 4.74 Å². The number of rotatable bonds is 3. The van der Waals surface area contributed by atoms with E-state index in [-0.39, 0.29) is 17.6 Å². The van der Waals surface area contributed by atoms with Gasteiger partial charge in [-0.3, -0.25) is 4.79 Å². The number of carbonyl (C=O) groups excluding carboxylic acids is 1. The highest BCUT2D eigenvalue weighted by atomic mass is 16.5. The summed E-state index contributed by atoms with van der Waals surface area (Å²) in [5.74, 6) is 0.248. The molecule has 0 aromatic rings. The van der Waals surface area contributed by atoms with Crippen LogP contribution in [0.15, 0.2) is 0 Å². The highest BCUT2D eigenvalue weighted by Crippen LogP contribution is 2.29. The Morgan fingerprint density at radius 1 is 1.57 bits per heavy atom. The van der Waals surface area contributed by atoms with Gasteiger partial charge >= 0.3 is 0 Å². The number of nitrogens with zero attached hydrogens (tertiary/aromatic N) is 1. The molecule has 0 unspecified atom stereocenters. The number of ether oxygens (including phenoxy) is 1. The van der Waals surface area contributed by atoms with Crippen LogP contribution in [0, 0.1) is 0 Å². The van der Waals surface area contributed by atoms with Crippen LogP contribution in [-0.4, -0.2) is 36.1 Å².